The molecule has 1 aromatic carbocycles. The van der Waals surface area contributed by atoms with Crippen LogP contribution in [-0.4, -0.2) is 19.1 Å². The first-order chi connectivity index (χ1) is 7.15. The zero-order chi connectivity index (χ0) is 11.3. The number of benzene rings is 1. The molecule has 0 saturated carbocycles. The van der Waals surface area contributed by atoms with Crippen molar-refractivity contribution in [2.24, 2.45) is 11.5 Å². The molecule has 0 fully saturated rings. The lowest BCUT2D eigenvalue weighted by Crippen LogP contribution is -2.11. The zero-order valence-corrected chi connectivity index (χ0v) is 8.96. The van der Waals surface area contributed by atoms with Crippen molar-refractivity contribution < 1.29 is 9.53 Å². The summed E-state index contributed by atoms with van der Waals surface area (Å²) in [5.74, 6) is 0.0283. The normalized spacial score (nSPS) is 10.0. The predicted octanol–water partition coefficient (Wildman–Crippen LogP) is 1.17. The highest BCUT2D eigenvalue weighted by molar-refractivity contribution is 6.32. The Morgan fingerprint density at radius 3 is 2.73 bits per heavy atom. The molecule has 0 aliphatic rings. The van der Waals surface area contributed by atoms with Crippen LogP contribution in [0, 0.1) is 0 Å². The number of hydrogen-bond acceptors (Lipinski definition) is 3. The van der Waals surface area contributed by atoms with E-state index in [-0.39, 0.29) is 0 Å². The van der Waals surface area contributed by atoms with Crippen molar-refractivity contribution in [3.63, 3.8) is 0 Å². The molecule has 0 heterocycles. The van der Waals surface area contributed by atoms with Crippen LogP contribution in [-0.2, 0) is 0 Å². The fourth-order valence-corrected chi connectivity index (χ4v) is 1.27. The summed E-state index contributed by atoms with van der Waals surface area (Å²) in [5, 5.41) is 0.378. The van der Waals surface area contributed by atoms with E-state index in [1.807, 2.05) is 0 Å². The Morgan fingerprint density at radius 1 is 1.47 bits per heavy atom. The van der Waals surface area contributed by atoms with E-state index in [9.17, 15) is 4.79 Å². The molecule has 0 saturated heterocycles. The minimum absolute atomic E-state index is 0.367. The first kappa shape index (κ1) is 11.8. The van der Waals surface area contributed by atoms with Gasteiger partial charge in [-0.05, 0) is 31.2 Å². The van der Waals surface area contributed by atoms with Crippen LogP contribution in [0.15, 0.2) is 18.2 Å². The highest BCUT2D eigenvalue weighted by atomic mass is 35.5. The Balaban J connectivity index is 2.70. The number of nitrogens with two attached hydrogens (primary N) is 2. The van der Waals surface area contributed by atoms with Crippen molar-refractivity contribution in [1.82, 2.24) is 0 Å². The first-order valence-electron chi connectivity index (χ1n) is 4.57. The van der Waals surface area contributed by atoms with Gasteiger partial charge in [0.25, 0.3) is 0 Å². The summed E-state index contributed by atoms with van der Waals surface area (Å²) in [6.45, 7) is 1.07. The first-order valence-corrected chi connectivity index (χ1v) is 4.95. The van der Waals surface area contributed by atoms with Crippen molar-refractivity contribution in [3.05, 3.63) is 28.8 Å². The Morgan fingerprint density at radius 2 is 2.20 bits per heavy atom. The average Bonchev–Trinajstić information content (AvgIpc) is 2.20. The molecule has 5 heteroatoms. The third kappa shape index (κ3) is 3.42. The van der Waals surface area contributed by atoms with Crippen LogP contribution in [0.3, 0.4) is 0 Å². The van der Waals surface area contributed by atoms with Gasteiger partial charge in [-0.1, -0.05) is 11.6 Å². The third-order valence-electron chi connectivity index (χ3n) is 1.82. The molecule has 4 N–H and O–H groups in total. The van der Waals surface area contributed by atoms with Crippen molar-refractivity contribution in [1.29, 1.82) is 0 Å². The number of rotatable bonds is 5. The van der Waals surface area contributed by atoms with Gasteiger partial charge < -0.3 is 16.2 Å². The SMILES string of the molecule is NCCCOc1ccc(C(N)=O)cc1Cl. The van der Waals surface area contributed by atoms with Crippen molar-refractivity contribution in [2.75, 3.05) is 13.2 Å². The number of hydrogen-bond donors (Lipinski definition) is 2. The predicted molar refractivity (Wildman–Crippen MR) is 59.1 cm³/mol. The van der Waals surface area contributed by atoms with Crippen LogP contribution in [0.5, 0.6) is 5.75 Å². The number of ether oxygens (including phenoxy) is 1. The third-order valence-corrected chi connectivity index (χ3v) is 2.12. The van der Waals surface area contributed by atoms with Gasteiger partial charge in [-0.15, -0.1) is 0 Å². The molecule has 0 radical (unpaired) electrons. The molecule has 82 valence electrons. The summed E-state index contributed by atoms with van der Waals surface area (Å²) in [4.78, 5) is 10.8. The molecule has 0 aliphatic heterocycles. The summed E-state index contributed by atoms with van der Waals surface area (Å²) in [7, 11) is 0. The van der Waals surface area contributed by atoms with Crippen LogP contribution in [0.2, 0.25) is 5.02 Å². The van der Waals surface area contributed by atoms with Crippen LogP contribution >= 0.6 is 11.6 Å². The molecular formula is C10H13ClN2O2. The number of carbonyl (C=O) groups is 1. The summed E-state index contributed by atoms with van der Waals surface area (Å²) in [5.41, 5.74) is 10.8. The lowest BCUT2D eigenvalue weighted by Gasteiger charge is -2.07. The second kappa shape index (κ2) is 5.58. The second-order valence-electron chi connectivity index (χ2n) is 3.00. The van der Waals surface area contributed by atoms with Gasteiger partial charge in [0.15, 0.2) is 0 Å². The number of halogens is 1. The highest BCUT2D eigenvalue weighted by Crippen LogP contribution is 2.25. The lowest BCUT2D eigenvalue weighted by molar-refractivity contribution is 0.100. The van der Waals surface area contributed by atoms with Gasteiger partial charge >= 0.3 is 0 Å². The van der Waals surface area contributed by atoms with E-state index in [1.54, 1.807) is 12.1 Å². The van der Waals surface area contributed by atoms with Gasteiger partial charge in [0.05, 0.1) is 11.6 Å². The molecule has 1 aromatic rings. The van der Waals surface area contributed by atoms with Crippen molar-refractivity contribution in [2.45, 2.75) is 6.42 Å². The van der Waals surface area contributed by atoms with Gasteiger partial charge in [0.2, 0.25) is 5.91 Å². The van der Waals surface area contributed by atoms with E-state index in [4.69, 9.17) is 27.8 Å². The van der Waals surface area contributed by atoms with Crippen LogP contribution < -0.4 is 16.2 Å². The van der Waals surface area contributed by atoms with Crippen LogP contribution in [0.4, 0.5) is 0 Å². The Hall–Kier alpha value is -1.26. The summed E-state index contributed by atoms with van der Waals surface area (Å²) in [6, 6.07) is 4.69. The molecular weight excluding hydrogens is 216 g/mol. The van der Waals surface area contributed by atoms with Gasteiger partial charge in [0.1, 0.15) is 5.75 Å². The summed E-state index contributed by atoms with van der Waals surface area (Å²) >= 11 is 5.89. The van der Waals surface area contributed by atoms with E-state index in [2.05, 4.69) is 0 Å². The van der Waals surface area contributed by atoms with Crippen LogP contribution in [0.25, 0.3) is 0 Å². The number of primary amides is 1. The van der Waals surface area contributed by atoms with Gasteiger partial charge in [-0.25, -0.2) is 0 Å². The van der Waals surface area contributed by atoms with Crippen molar-refractivity contribution >= 4 is 17.5 Å². The molecule has 4 nitrogen and oxygen atoms in total. The molecule has 15 heavy (non-hydrogen) atoms. The van der Waals surface area contributed by atoms with E-state index < -0.39 is 5.91 Å². The number of carbonyl (C=O) groups excluding carboxylic acids is 1. The van der Waals surface area contributed by atoms with Crippen LogP contribution in [0.1, 0.15) is 16.8 Å². The molecule has 0 aromatic heterocycles. The monoisotopic (exact) mass is 228 g/mol. The van der Waals surface area contributed by atoms with Gasteiger partial charge in [-0.3, -0.25) is 4.79 Å². The fourth-order valence-electron chi connectivity index (χ4n) is 1.04. The molecule has 1 amide bonds. The highest BCUT2D eigenvalue weighted by Gasteiger charge is 2.05. The second-order valence-corrected chi connectivity index (χ2v) is 3.41. The van der Waals surface area contributed by atoms with E-state index in [1.165, 1.54) is 6.07 Å². The Bertz CT molecular complexity index is 355. The molecule has 0 spiro atoms. The smallest absolute Gasteiger partial charge is 0.248 e. The van der Waals surface area contributed by atoms with E-state index in [0.29, 0.717) is 29.5 Å². The molecule has 1 rings (SSSR count). The quantitative estimate of drug-likeness (QED) is 0.743. The Labute approximate surface area is 93.1 Å². The van der Waals surface area contributed by atoms with E-state index >= 15 is 0 Å². The summed E-state index contributed by atoms with van der Waals surface area (Å²) < 4.78 is 5.35. The maximum atomic E-state index is 10.8. The molecule has 0 bridgehead atoms. The van der Waals surface area contributed by atoms with Crippen molar-refractivity contribution in [3.8, 4) is 5.75 Å². The largest absolute Gasteiger partial charge is 0.492 e. The van der Waals surface area contributed by atoms with Gasteiger partial charge in [-0.2, -0.15) is 0 Å². The van der Waals surface area contributed by atoms with Gasteiger partial charge in [0, 0.05) is 5.56 Å². The average molecular weight is 229 g/mol. The minimum atomic E-state index is -0.509. The molecule has 0 unspecified atom stereocenters. The number of amides is 1. The maximum absolute atomic E-state index is 10.8. The Kier molecular flexibility index (Phi) is 4.39. The molecule has 0 aliphatic carbocycles. The minimum Gasteiger partial charge on any atom is -0.492 e. The van der Waals surface area contributed by atoms with E-state index in [0.717, 1.165) is 6.42 Å². The summed E-state index contributed by atoms with van der Waals surface area (Å²) in [6.07, 6.45) is 0.758. The fraction of sp³-hybridized carbons (Fsp3) is 0.300. The lowest BCUT2D eigenvalue weighted by atomic mass is 10.2. The molecule has 0 atom stereocenters. The zero-order valence-electron chi connectivity index (χ0n) is 8.20. The topological polar surface area (TPSA) is 78.3 Å². The standard InChI is InChI=1S/C10H13ClN2O2/c11-8-6-7(10(13)14)2-3-9(8)15-5-1-4-12/h2-3,6H,1,4-5,12H2,(H2,13,14). The maximum Gasteiger partial charge on any atom is 0.248 e.